The fourth-order valence-electron chi connectivity index (χ4n) is 5.50. The first kappa shape index (κ1) is 18.9. The average molecular weight is 398 g/mol. The molecule has 1 aromatic carbocycles. The lowest BCUT2D eigenvalue weighted by Crippen LogP contribution is -2.52. The summed E-state index contributed by atoms with van der Waals surface area (Å²) in [5, 5.41) is 3.15. The third-order valence-electron chi connectivity index (χ3n) is 7.26. The number of carbonyl (C=O) groups excluding carboxylic acids is 2. The smallest absolute Gasteiger partial charge is 0.320 e. The molecular formula is C23H31N3O3. The number of amides is 3. The second kappa shape index (κ2) is 7.63. The third kappa shape index (κ3) is 3.75. The van der Waals surface area contributed by atoms with Gasteiger partial charge in [-0.2, -0.15) is 0 Å². The van der Waals surface area contributed by atoms with Crippen molar-refractivity contribution in [2.75, 3.05) is 39.4 Å². The lowest BCUT2D eigenvalue weighted by molar-refractivity contribution is -0.121. The Balaban J connectivity index is 1.27. The maximum atomic E-state index is 12.9. The fraction of sp³-hybridized carbons (Fsp3) is 0.652. The van der Waals surface area contributed by atoms with Crippen LogP contribution in [0.25, 0.3) is 0 Å². The van der Waals surface area contributed by atoms with Crippen molar-refractivity contribution in [3.05, 3.63) is 35.4 Å². The monoisotopic (exact) mass is 397 g/mol. The molecule has 1 aromatic rings. The highest BCUT2D eigenvalue weighted by molar-refractivity contribution is 5.78. The third-order valence-corrected chi connectivity index (χ3v) is 7.26. The second-order valence-corrected chi connectivity index (χ2v) is 9.18. The van der Waals surface area contributed by atoms with Gasteiger partial charge in [-0.1, -0.05) is 24.3 Å². The first-order chi connectivity index (χ1) is 14.1. The van der Waals surface area contributed by atoms with Crippen LogP contribution in [0, 0.1) is 0 Å². The van der Waals surface area contributed by atoms with Gasteiger partial charge in [-0.25, -0.2) is 4.79 Å². The zero-order valence-electron chi connectivity index (χ0n) is 17.1. The van der Waals surface area contributed by atoms with E-state index in [4.69, 9.17) is 4.74 Å². The molecule has 1 spiro atoms. The van der Waals surface area contributed by atoms with Crippen LogP contribution in [0.4, 0.5) is 4.79 Å². The maximum absolute atomic E-state index is 12.9. The van der Waals surface area contributed by atoms with E-state index >= 15 is 0 Å². The van der Waals surface area contributed by atoms with E-state index in [1.165, 1.54) is 11.1 Å². The van der Waals surface area contributed by atoms with Gasteiger partial charge in [0, 0.05) is 38.6 Å². The summed E-state index contributed by atoms with van der Waals surface area (Å²) in [7, 11) is 0. The number of rotatable bonds is 3. The van der Waals surface area contributed by atoms with Crippen molar-refractivity contribution in [3.8, 4) is 0 Å². The van der Waals surface area contributed by atoms with Gasteiger partial charge in [-0.15, -0.1) is 0 Å². The fourth-order valence-corrected chi connectivity index (χ4v) is 5.50. The number of benzene rings is 1. The van der Waals surface area contributed by atoms with Crippen LogP contribution >= 0.6 is 0 Å². The molecule has 0 bridgehead atoms. The molecule has 4 aliphatic rings. The average Bonchev–Trinajstić information content (AvgIpc) is 3.53. The molecule has 0 aromatic heterocycles. The minimum Gasteiger partial charge on any atom is -0.378 e. The van der Waals surface area contributed by atoms with Crippen LogP contribution in [0.15, 0.2) is 24.3 Å². The highest BCUT2D eigenvalue weighted by atomic mass is 16.5. The Bertz CT molecular complexity index is 777. The van der Waals surface area contributed by atoms with Crippen LogP contribution in [0.3, 0.4) is 0 Å². The quantitative estimate of drug-likeness (QED) is 0.853. The summed E-state index contributed by atoms with van der Waals surface area (Å²) in [6.07, 6.45) is 5.85. The van der Waals surface area contributed by atoms with Crippen LogP contribution in [0.1, 0.15) is 55.6 Å². The van der Waals surface area contributed by atoms with Crippen LogP contribution in [-0.4, -0.2) is 67.2 Å². The van der Waals surface area contributed by atoms with Gasteiger partial charge in [0.2, 0.25) is 5.91 Å². The van der Waals surface area contributed by atoms with E-state index in [-0.39, 0.29) is 17.4 Å². The van der Waals surface area contributed by atoms with Gasteiger partial charge in [-0.05, 0) is 54.6 Å². The summed E-state index contributed by atoms with van der Waals surface area (Å²) < 4.78 is 5.38. The summed E-state index contributed by atoms with van der Waals surface area (Å²) in [6.45, 7) is 4.27. The van der Waals surface area contributed by atoms with Gasteiger partial charge >= 0.3 is 6.03 Å². The first-order valence-corrected chi connectivity index (χ1v) is 11.1. The lowest BCUT2D eigenvalue weighted by atomic mass is 9.73. The maximum Gasteiger partial charge on any atom is 0.320 e. The van der Waals surface area contributed by atoms with Crippen molar-refractivity contribution in [1.82, 2.24) is 15.1 Å². The Labute approximate surface area is 172 Å². The summed E-state index contributed by atoms with van der Waals surface area (Å²) in [6, 6.07) is 9.27. The summed E-state index contributed by atoms with van der Waals surface area (Å²) in [5.74, 6) is 0.496. The zero-order valence-corrected chi connectivity index (χ0v) is 17.1. The van der Waals surface area contributed by atoms with Crippen molar-refractivity contribution >= 4 is 11.9 Å². The number of morpholine rings is 1. The molecule has 2 saturated heterocycles. The van der Waals surface area contributed by atoms with Crippen LogP contribution in [0.2, 0.25) is 0 Å². The molecule has 1 N–H and O–H groups in total. The number of hydrogen-bond donors (Lipinski definition) is 1. The van der Waals surface area contributed by atoms with Crippen molar-refractivity contribution in [3.63, 3.8) is 0 Å². The van der Waals surface area contributed by atoms with E-state index in [1.54, 1.807) is 0 Å². The number of fused-ring (bicyclic) bond motifs is 2. The molecule has 1 unspecified atom stereocenters. The van der Waals surface area contributed by atoms with Crippen LogP contribution in [0.5, 0.6) is 0 Å². The minimum absolute atomic E-state index is 0.114. The summed E-state index contributed by atoms with van der Waals surface area (Å²) in [4.78, 5) is 29.3. The molecule has 2 aliphatic heterocycles. The predicted molar refractivity (Wildman–Crippen MR) is 110 cm³/mol. The second-order valence-electron chi connectivity index (χ2n) is 9.18. The summed E-state index contributed by atoms with van der Waals surface area (Å²) >= 11 is 0. The first-order valence-electron chi connectivity index (χ1n) is 11.1. The Morgan fingerprint density at radius 3 is 2.45 bits per heavy atom. The number of ether oxygens (including phenoxy) is 1. The molecule has 2 heterocycles. The number of hydrogen-bond acceptors (Lipinski definition) is 3. The Morgan fingerprint density at radius 1 is 1.03 bits per heavy atom. The molecule has 3 amide bonds. The Kier molecular flexibility index (Phi) is 4.98. The minimum atomic E-state index is 0.114. The number of nitrogens with one attached hydrogen (secondary N) is 1. The number of nitrogens with zero attached hydrogens (tertiary/aromatic N) is 2. The molecule has 1 atom stereocenters. The largest absolute Gasteiger partial charge is 0.378 e. The zero-order chi connectivity index (χ0) is 19.8. The van der Waals surface area contributed by atoms with Crippen molar-refractivity contribution < 1.29 is 14.3 Å². The van der Waals surface area contributed by atoms with E-state index in [0.29, 0.717) is 44.7 Å². The lowest BCUT2D eigenvalue weighted by Gasteiger charge is -2.42. The molecule has 3 fully saturated rings. The number of likely N-dealkylation sites (tertiary alicyclic amines) is 1. The normalized spacial score (nSPS) is 25.7. The van der Waals surface area contributed by atoms with Crippen molar-refractivity contribution in [2.45, 2.75) is 55.9 Å². The van der Waals surface area contributed by atoms with Crippen LogP contribution in [-0.2, 0) is 14.9 Å². The standard InChI is InChI=1S/C23H31N3O3/c27-21(24-18-5-6-18)15-17-16-23(20-4-2-1-3-19(17)20)7-9-25(10-8-23)22(28)26-11-13-29-14-12-26/h1-4,17-18H,5-16H2,(H,24,27). The number of urea groups is 1. The summed E-state index contributed by atoms with van der Waals surface area (Å²) in [5.41, 5.74) is 2.89. The van der Waals surface area contributed by atoms with Gasteiger partial charge in [0.25, 0.3) is 0 Å². The van der Waals surface area contributed by atoms with Crippen LogP contribution < -0.4 is 5.32 Å². The predicted octanol–water partition coefficient (Wildman–Crippen LogP) is 2.63. The topological polar surface area (TPSA) is 61.9 Å². The SMILES string of the molecule is O=C(CC1CC2(CCN(C(=O)N3CCOCC3)CC2)c2ccccc21)NC1CC1. The molecule has 6 heteroatoms. The Morgan fingerprint density at radius 2 is 1.72 bits per heavy atom. The van der Waals surface area contributed by atoms with Gasteiger partial charge in [0.15, 0.2) is 0 Å². The van der Waals surface area contributed by atoms with Gasteiger partial charge in [0.1, 0.15) is 0 Å². The highest BCUT2D eigenvalue weighted by Crippen LogP contribution is 2.52. The van der Waals surface area contributed by atoms with Gasteiger partial charge < -0.3 is 19.9 Å². The molecule has 156 valence electrons. The molecule has 2 aliphatic carbocycles. The number of carbonyl (C=O) groups is 2. The molecular weight excluding hydrogens is 366 g/mol. The van der Waals surface area contributed by atoms with Gasteiger partial charge in [-0.3, -0.25) is 4.79 Å². The molecule has 29 heavy (non-hydrogen) atoms. The number of piperidine rings is 1. The molecule has 5 rings (SSSR count). The molecule has 0 radical (unpaired) electrons. The van der Waals surface area contributed by atoms with Crippen molar-refractivity contribution in [2.24, 2.45) is 0 Å². The van der Waals surface area contributed by atoms with Crippen molar-refractivity contribution in [1.29, 1.82) is 0 Å². The van der Waals surface area contributed by atoms with E-state index in [2.05, 4.69) is 29.6 Å². The molecule has 6 nitrogen and oxygen atoms in total. The van der Waals surface area contributed by atoms with Gasteiger partial charge in [0.05, 0.1) is 13.2 Å². The van der Waals surface area contributed by atoms with E-state index < -0.39 is 0 Å². The molecule has 1 saturated carbocycles. The van der Waals surface area contributed by atoms with E-state index in [1.807, 2.05) is 9.80 Å². The Hall–Kier alpha value is -2.08. The van der Waals surface area contributed by atoms with E-state index in [9.17, 15) is 9.59 Å². The van der Waals surface area contributed by atoms with E-state index in [0.717, 1.165) is 45.2 Å². The highest BCUT2D eigenvalue weighted by Gasteiger charge is 2.46.